The molecule has 1 fully saturated rings. The van der Waals surface area contributed by atoms with E-state index in [2.05, 4.69) is 27.4 Å². The molecule has 1 aromatic rings. The van der Waals surface area contributed by atoms with Crippen molar-refractivity contribution in [2.24, 2.45) is 10.9 Å². The van der Waals surface area contributed by atoms with E-state index in [4.69, 9.17) is 9.47 Å². The lowest BCUT2D eigenvalue weighted by molar-refractivity contribution is 0.174. The second kappa shape index (κ2) is 11.6. The van der Waals surface area contributed by atoms with E-state index in [0.717, 1.165) is 41.9 Å². The van der Waals surface area contributed by atoms with Crippen molar-refractivity contribution in [3.63, 3.8) is 0 Å². The predicted molar refractivity (Wildman–Crippen MR) is 120 cm³/mol. The van der Waals surface area contributed by atoms with E-state index in [1.807, 2.05) is 25.2 Å². The van der Waals surface area contributed by atoms with Crippen LogP contribution >= 0.6 is 24.0 Å². The third-order valence-corrected chi connectivity index (χ3v) is 5.19. The van der Waals surface area contributed by atoms with Gasteiger partial charge >= 0.3 is 0 Å². The number of fused-ring (bicyclic) bond motifs is 1. The summed E-state index contributed by atoms with van der Waals surface area (Å²) in [5.74, 6) is 3.39. The molecular weight excluding hydrogens is 455 g/mol. The maximum absolute atomic E-state index is 5.42. The van der Waals surface area contributed by atoms with Crippen molar-refractivity contribution in [1.29, 1.82) is 0 Å². The highest BCUT2D eigenvalue weighted by Crippen LogP contribution is 2.32. The Morgan fingerprint density at radius 1 is 1.15 bits per heavy atom. The summed E-state index contributed by atoms with van der Waals surface area (Å²) in [7, 11) is 1.81. The zero-order valence-corrected chi connectivity index (χ0v) is 18.8. The molecule has 152 valence electrons. The average Bonchev–Trinajstić information content (AvgIpc) is 3.13. The highest BCUT2D eigenvalue weighted by Gasteiger charge is 2.15. The minimum atomic E-state index is 0. The quantitative estimate of drug-likeness (QED) is 0.267. The average molecular weight is 488 g/mol. The Labute approximate surface area is 180 Å². The Balaban J connectivity index is 0.00000261. The maximum Gasteiger partial charge on any atom is 0.231 e. The Bertz CT molecular complexity index is 604. The van der Waals surface area contributed by atoms with Gasteiger partial charge < -0.3 is 25.0 Å². The molecule has 6 nitrogen and oxygen atoms in total. The normalized spacial score (nSPS) is 17.5. The van der Waals surface area contributed by atoms with E-state index in [-0.39, 0.29) is 24.0 Å². The van der Waals surface area contributed by atoms with Gasteiger partial charge in [0.05, 0.1) is 0 Å². The third kappa shape index (κ3) is 7.03. The number of unbranched alkanes of at least 4 members (excludes halogenated alkanes) is 1. The van der Waals surface area contributed by atoms with Gasteiger partial charge in [-0.3, -0.25) is 4.99 Å². The lowest BCUT2D eigenvalue weighted by Gasteiger charge is -2.30. The van der Waals surface area contributed by atoms with Crippen molar-refractivity contribution in [1.82, 2.24) is 15.5 Å². The highest BCUT2D eigenvalue weighted by atomic mass is 127. The standard InChI is InChI=1S/C20H32N4O2.HI/c1-16-7-11-24(12-8-16)10-4-3-9-22-20(21-2)23-14-17-5-6-18-19(13-17)26-15-25-18;/h5-6,13,16H,3-4,7-12,14-15H2,1-2H3,(H2,21,22,23);1H. The van der Waals surface area contributed by atoms with Crippen molar-refractivity contribution in [3.05, 3.63) is 23.8 Å². The zero-order valence-electron chi connectivity index (χ0n) is 16.5. The number of nitrogens with zero attached hydrogens (tertiary/aromatic N) is 2. The summed E-state index contributed by atoms with van der Waals surface area (Å²) in [5.41, 5.74) is 1.15. The summed E-state index contributed by atoms with van der Waals surface area (Å²) in [6.07, 6.45) is 5.11. The van der Waals surface area contributed by atoms with Gasteiger partial charge in [-0.1, -0.05) is 13.0 Å². The number of likely N-dealkylation sites (tertiary alicyclic amines) is 1. The van der Waals surface area contributed by atoms with Gasteiger partial charge in [0, 0.05) is 20.1 Å². The number of aliphatic imine (C=N–C) groups is 1. The summed E-state index contributed by atoms with van der Waals surface area (Å²) < 4.78 is 10.8. The number of benzene rings is 1. The predicted octanol–water partition coefficient (Wildman–Crippen LogP) is 3.21. The van der Waals surface area contributed by atoms with Crippen molar-refractivity contribution in [2.45, 2.75) is 39.2 Å². The fourth-order valence-corrected chi connectivity index (χ4v) is 3.41. The Morgan fingerprint density at radius 3 is 2.70 bits per heavy atom. The van der Waals surface area contributed by atoms with Crippen LogP contribution < -0.4 is 20.1 Å². The first-order chi connectivity index (χ1) is 12.7. The Morgan fingerprint density at radius 2 is 1.93 bits per heavy atom. The first-order valence-corrected chi connectivity index (χ1v) is 9.80. The second-order valence-electron chi connectivity index (χ2n) is 7.27. The van der Waals surface area contributed by atoms with E-state index in [9.17, 15) is 0 Å². The molecule has 7 heteroatoms. The molecule has 0 unspecified atom stereocenters. The van der Waals surface area contributed by atoms with Gasteiger partial charge in [-0.25, -0.2) is 0 Å². The minimum absolute atomic E-state index is 0. The number of hydrogen-bond donors (Lipinski definition) is 2. The molecule has 0 aliphatic carbocycles. The molecule has 1 aromatic carbocycles. The summed E-state index contributed by atoms with van der Waals surface area (Å²) in [4.78, 5) is 6.90. The molecular formula is C20H33IN4O2. The molecule has 2 N–H and O–H groups in total. The summed E-state index contributed by atoms with van der Waals surface area (Å²) in [6.45, 7) is 8.10. The van der Waals surface area contributed by atoms with Gasteiger partial charge in [-0.05, 0) is 68.9 Å². The van der Waals surface area contributed by atoms with Crippen LogP contribution in [0.25, 0.3) is 0 Å². The van der Waals surface area contributed by atoms with Crippen molar-refractivity contribution in [2.75, 3.05) is 40.0 Å². The van der Waals surface area contributed by atoms with Crippen LogP contribution in [-0.4, -0.2) is 50.9 Å². The number of hydrogen-bond acceptors (Lipinski definition) is 4. The van der Waals surface area contributed by atoms with Crippen LogP contribution in [0.4, 0.5) is 0 Å². The second-order valence-corrected chi connectivity index (χ2v) is 7.27. The number of piperidine rings is 1. The fraction of sp³-hybridized carbons (Fsp3) is 0.650. The molecule has 0 saturated carbocycles. The van der Waals surface area contributed by atoms with E-state index >= 15 is 0 Å². The van der Waals surface area contributed by atoms with Gasteiger partial charge in [0.1, 0.15) is 0 Å². The molecule has 0 spiro atoms. The maximum atomic E-state index is 5.42. The first-order valence-electron chi connectivity index (χ1n) is 9.80. The fourth-order valence-electron chi connectivity index (χ4n) is 3.41. The van der Waals surface area contributed by atoms with Gasteiger partial charge in [-0.15, -0.1) is 24.0 Å². The number of guanidine groups is 1. The van der Waals surface area contributed by atoms with Crippen LogP contribution in [0.1, 0.15) is 38.2 Å². The number of rotatable bonds is 7. The van der Waals surface area contributed by atoms with Crippen molar-refractivity contribution >= 4 is 29.9 Å². The molecule has 0 radical (unpaired) electrons. The van der Waals surface area contributed by atoms with Crippen LogP contribution in [0.5, 0.6) is 11.5 Å². The molecule has 3 rings (SSSR count). The molecule has 0 bridgehead atoms. The third-order valence-electron chi connectivity index (χ3n) is 5.19. The van der Waals surface area contributed by atoms with E-state index in [1.165, 1.54) is 38.9 Å². The molecule has 27 heavy (non-hydrogen) atoms. The van der Waals surface area contributed by atoms with Gasteiger partial charge in [-0.2, -0.15) is 0 Å². The molecule has 0 atom stereocenters. The van der Waals surface area contributed by atoms with Crippen LogP contribution in [0, 0.1) is 5.92 Å². The highest BCUT2D eigenvalue weighted by molar-refractivity contribution is 14.0. The number of nitrogens with one attached hydrogen (secondary N) is 2. The molecule has 2 heterocycles. The molecule has 2 aliphatic heterocycles. The lowest BCUT2D eigenvalue weighted by Crippen LogP contribution is -2.38. The van der Waals surface area contributed by atoms with Crippen LogP contribution in [0.3, 0.4) is 0 Å². The van der Waals surface area contributed by atoms with Gasteiger partial charge in [0.2, 0.25) is 6.79 Å². The lowest BCUT2D eigenvalue weighted by atomic mass is 9.99. The zero-order chi connectivity index (χ0) is 18.2. The largest absolute Gasteiger partial charge is 0.454 e. The summed E-state index contributed by atoms with van der Waals surface area (Å²) >= 11 is 0. The SMILES string of the molecule is CN=C(NCCCCN1CCC(C)CC1)NCc1ccc2c(c1)OCO2.I. The molecule has 1 saturated heterocycles. The molecule has 0 amide bonds. The monoisotopic (exact) mass is 488 g/mol. The number of ether oxygens (including phenoxy) is 2. The smallest absolute Gasteiger partial charge is 0.231 e. The molecule has 0 aromatic heterocycles. The van der Waals surface area contributed by atoms with E-state index in [0.29, 0.717) is 13.3 Å². The Kier molecular flexibility index (Phi) is 9.47. The summed E-state index contributed by atoms with van der Waals surface area (Å²) in [5, 5.41) is 6.76. The van der Waals surface area contributed by atoms with Crippen molar-refractivity contribution in [3.8, 4) is 11.5 Å². The molecule has 2 aliphatic rings. The van der Waals surface area contributed by atoms with Crippen LogP contribution in [0.2, 0.25) is 0 Å². The van der Waals surface area contributed by atoms with Crippen LogP contribution in [-0.2, 0) is 6.54 Å². The number of halogens is 1. The van der Waals surface area contributed by atoms with E-state index < -0.39 is 0 Å². The van der Waals surface area contributed by atoms with Gasteiger partial charge in [0.25, 0.3) is 0 Å². The first kappa shape index (κ1) is 22.1. The van der Waals surface area contributed by atoms with Crippen molar-refractivity contribution < 1.29 is 9.47 Å². The van der Waals surface area contributed by atoms with E-state index in [1.54, 1.807) is 0 Å². The van der Waals surface area contributed by atoms with Gasteiger partial charge in [0.15, 0.2) is 17.5 Å². The Hall–Kier alpha value is -1.22. The summed E-state index contributed by atoms with van der Waals surface area (Å²) in [6, 6.07) is 6.02. The van der Waals surface area contributed by atoms with Crippen LogP contribution in [0.15, 0.2) is 23.2 Å². The topological polar surface area (TPSA) is 58.1 Å². The minimum Gasteiger partial charge on any atom is -0.454 e.